The average molecular weight is 193 g/mol. The van der Waals surface area contributed by atoms with Gasteiger partial charge in [-0.25, -0.2) is 4.39 Å². The predicted octanol–water partition coefficient (Wildman–Crippen LogP) is 1.56. The summed E-state index contributed by atoms with van der Waals surface area (Å²) < 4.78 is 18.4. The van der Waals surface area contributed by atoms with Crippen LogP contribution in [-0.4, -0.2) is 13.7 Å². The van der Waals surface area contributed by atoms with Crippen molar-refractivity contribution in [3.05, 3.63) is 29.6 Å². The van der Waals surface area contributed by atoms with Crippen LogP contribution in [0.5, 0.6) is 5.75 Å². The molecular formula is C11H12FNO. The average Bonchev–Trinajstić information content (AvgIpc) is 2.18. The van der Waals surface area contributed by atoms with Crippen LogP contribution in [0, 0.1) is 18.2 Å². The van der Waals surface area contributed by atoms with E-state index in [4.69, 9.17) is 11.2 Å². The molecule has 0 aliphatic rings. The summed E-state index contributed by atoms with van der Waals surface area (Å²) in [7, 11) is 1.79. The lowest BCUT2D eigenvalue weighted by Gasteiger charge is -2.09. The van der Waals surface area contributed by atoms with Gasteiger partial charge in [-0.2, -0.15) is 0 Å². The van der Waals surface area contributed by atoms with Gasteiger partial charge in [0.05, 0.1) is 0 Å². The first-order valence-corrected chi connectivity index (χ1v) is 4.28. The van der Waals surface area contributed by atoms with Crippen molar-refractivity contribution in [2.75, 3.05) is 13.7 Å². The Morgan fingerprint density at radius 2 is 2.36 bits per heavy atom. The van der Waals surface area contributed by atoms with Gasteiger partial charge in [-0.05, 0) is 13.1 Å². The van der Waals surface area contributed by atoms with Crippen LogP contribution in [0.15, 0.2) is 18.2 Å². The number of rotatable bonds is 4. The van der Waals surface area contributed by atoms with E-state index in [2.05, 4.69) is 11.2 Å². The first kappa shape index (κ1) is 10.6. The second-order valence-corrected chi connectivity index (χ2v) is 2.75. The highest BCUT2D eigenvalue weighted by Gasteiger charge is 2.07. The quantitative estimate of drug-likeness (QED) is 0.733. The highest BCUT2D eigenvalue weighted by molar-refractivity contribution is 5.35. The van der Waals surface area contributed by atoms with Crippen molar-refractivity contribution in [3.8, 4) is 18.1 Å². The molecule has 14 heavy (non-hydrogen) atoms. The van der Waals surface area contributed by atoms with Gasteiger partial charge in [0.15, 0.2) is 11.6 Å². The third kappa shape index (κ3) is 2.48. The second kappa shape index (κ2) is 5.25. The van der Waals surface area contributed by atoms with Crippen molar-refractivity contribution in [1.29, 1.82) is 0 Å². The normalized spacial score (nSPS) is 9.50. The standard InChI is InChI=1S/C11H12FNO/c1-3-7-14-11-9(8-13-2)5-4-6-10(11)12/h1,4-6,13H,7-8H2,2H3. The smallest absolute Gasteiger partial charge is 0.165 e. The monoisotopic (exact) mass is 193 g/mol. The van der Waals surface area contributed by atoms with Crippen LogP contribution in [0.2, 0.25) is 0 Å². The zero-order valence-corrected chi connectivity index (χ0v) is 8.01. The maximum absolute atomic E-state index is 13.3. The van der Waals surface area contributed by atoms with Gasteiger partial charge in [0.2, 0.25) is 0 Å². The lowest BCUT2D eigenvalue weighted by atomic mass is 10.2. The molecule has 0 aliphatic heterocycles. The molecule has 0 unspecified atom stereocenters. The Kier molecular flexibility index (Phi) is 3.96. The first-order chi connectivity index (χ1) is 6.79. The molecule has 0 aliphatic carbocycles. The van der Waals surface area contributed by atoms with E-state index in [1.807, 2.05) is 0 Å². The van der Waals surface area contributed by atoms with E-state index in [0.29, 0.717) is 6.54 Å². The number of ether oxygens (including phenoxy) is 1. The van der Waals surface area contributed by atoms with Crippen LogP contribution in [0.4, 0.5) is 4.39 Å². The summed E-state index contributed by atoms with van der Waals surface area (Å²) in [5.74, 6) is 2.16. The number of hydrogen-bond donors (Lipinski definition) is 1. The lowest BCUT2D eigenvalue weighted by molar-refractivity contribution is 0.343. The molecule has 2 nitrogen and oxygen atoms in total. The maximum Gasteiger partial charge on any atom is 0.165 e. The van der Waals surface area contributed by atoms with Crippen LogP contribution in [0.1, 0.15) is 5.56 Å². The molecule has 1 N–H and O–H groups in total. The molecule has 0 bridgehead atoms. The zero-order chi connectivity index (χ0) is 10.4. The van der Waals surface area contributed by atoms with Crippen LogP contribution >= 0.6 is 0 Å². The van der Waals surface area contributed by atoms with Crippen LogP contribution in [-0.2, 0) is 6.54 Å². The number of nitrogens with one attached hydrogen (secondary N) is 1. The van der Waals surface area contributed by atoms with E-state index in [1.54, 1.807) is 19.2 Å². The highest BCUT2D eigenvalue weighted by atomic mass is 19.1. The van der Waals surface area contributed by atoms with Crippen molar-refractivity contribution in [1.82, 2.24) is 5.32 Å². The molecule has 1 rings (SSSR count). The van der Waals surface area contributed by atoms with Gasteiger partial charge in [0, 0.05) is 12.1 Å². The number of hydrogen-bond acceptors (Lipinski definition) is 2. The van der Waals surface area contributed by atoms with Crippen molar-refractivity contribution in [3.63, 3.8) is 0 Å². The summed E-state index contributed by atoms with van der Waals surface area (Å²) in [5, 5.41) is 2.93. The minimum absolute atomic E-state index is 0.0810. The van der Waals surface area contributed by atoms with E-state index >= 15 is 0 Å². The Bertz CT molecular complexity index is 344. The third-order valence-electron chi connectivity index (χ3n) is 1.72. The van der Waals surface area contributed by atoms with Crippen LogP contribution < -0.4 is 10.1 Å². The Morgan fingerprint density at radius 3 is 3.00 bits per heavy atom. The fourth-order valence-corrected chi connectivity index (χ4v) is 1.16. The van der Waals surface area contributed by atoms with Gasteiger partial charge < -0.3 is 10.1 Å². The molecular weight excluding hydrogens is 181 g/mol. The van der Waals surface area contributed by atoms with Crippen LogP contribution in [0.3, 0.4) is 0 Å². The maximum atomic E-state index is 13.3. The summed E-state index contributed by atoms with van der Waals surface area (Å²) in [6.07, 6.45) is 5.04. The molecule has 0 heterocycles. The molecule has 74 valence electrons. The molecule has 0 fully saturated rings. The van der Waals surface area contributed by atoms with Gasteiger partial charge in [-0.3, -0.25) is 0 Å². The predicted molar refractivity (Wildman–Crippen MR) is 53.5 cm³/mol. The molecule has 1 aromatic carbocycles. The van der Waals surface area contributed by atoms with Gasteiger partial charge in [0.1, 0.15) is 6.61 Å². The van der Waals surface area contributed by atoms with Crippen molar-refractivity contribution >= 4 is 0 Å². The van der Waals surface area contributed by atoms with Crippen molar-refractivity contribution in [2.24, 2.45) is 0 Å². The molecule has 0 amide bonds. The SMILES string of the molecule is C#CCOc1c(F)cccc1CNC. The summed E-state index contributed by atoms with van der Waals surface area (Å²) in [4.78, 5) is 0. The number of terminal acetylenes is 1. The molecule has 0 spiro atoms. The number of halogens is 1. The molecule has 0 radical (unpaired) electrons. The van der Waals surface area contributed by atoms with Crippen LogP contribution in [0.25, 0.3) is 0 Å². The van der Waals surface area contributed by atoms with E-state index in [1.165, 1.54) is 6.07 Å². The minimum Gasteiger partial charge on any atom is -0.478 e. The summed E-state index contributed by atoms with van der Waals surface area (Å²) in [6, 6.07) is 4.79. The van der Waals surface area contributed by atoms with Gasteiger partial charge in [-0.15, -0.1) is 6.42 Å². The van der Waals surface area contributed by atoms with Crippen molar-refractivity contribution < 1.29 is 9.13 Å². The number of benzene rings is 1. The molecule has 3 heteroatoms. The summed E-state index contributed by atoms with van der Waals surface area (Å²) in [5.41, 5.74) is 0.766. The Hall–Kier alpha value is -1.53. The molecule has 0 saturated heterocycles. The summed E-state index contributed by atoms with van der Waals surface area (Å²) >= 11 is 0. The Morgan fingerprint density at radius 1 is 1.57 bits per heavy atom. The zero-order valence-electron chi connectivity index (χ0n) is 8.01. The fourth-order valence-electron chi connectivity index (χ4n) is 1.16. The van der Waals surface area contributed by atoms with E-state index in [9.17, 15) is 4.39 Å². The lowest BCUT2D eigenvalue weighted by Crippen LogP contribution is -2.08. The Labute approximate surface area is 83.1 Å². The minimum atomic E-state index is -0.381. The topological polar surface area (TPSA) is 21.3 Å². The Balaban J connectivity index is 2.91. The van der Waals surface area contributed by atoms with E-state index < -0.39 is 0 Å². The molecule has 0 saturated carbocycles. The third-order valence-corrected chi connectivity index (χ3v) is 1.72. The highest BCUT2D eigenvalue weighted by Crippen LogP contribution is 2.22. The van der Waals surface area contributed by atoms with E-state index in [0.717, 1.165) is 5.56 Å². The largest absolute Gasteiger partial charge is 0.478 e. The van der Waals surface area contributed by atoms with Crippen molar-refractivity contribution in [2.45, 2.75) is 6.54 Å². The van der Waals surface area contributed by atoms with Gasteiger partial charge in [0.25, 0.3) is 0 Å². The molecule has 0 atom stereocenters. The van der Waals surface area contributed by atoms with Gasteiger partial charge >= 0.3 is 0 Å². The summed E-state index contributed by atoms with van der Waals surface area (Å²) in [6.45, 7) is 0.634. The second-order valence-electron chi connectivity index (χ2n) is 2.75. The first-order valence-electron chi connectivity index (χ1n) is 4.28. The van der Waals surface area contributed by atoms with E-state index in [-0.39, 0.29) is 18.2 Å². The number of para-hydroxylation sites is 1. The fraction of sp³-hybridized carbons (Fsp3) is 0.273. The molecule has 1 aromatic rings. The molecule has 0 aromatic heterocycles. The van der Waals surface area contributed by atoms with Gasteiger partial charge in [-0.1, -0.05) is 18.1 Å².